The first-order chi connectivity index (χ1) is 9.52. The van der Waals surface area contributed by atoms with Gasteiger partial charge in [-0.05, 0) is 38.1 Å². The van der Waals surface area contributed by atoms with Gasteiger partial charge in [-0.2, -0.15) is 11.8 Å². The molecule has 2 rings (SSSR count). The molecule has 0 spiro atoms. The zero-order valence-electron chi connectivity index (χ0n) is 11.8. The number of rotatable bonds is 1. The minimum absolute atomic E-state index is 0.0834. The smallest absolute Gasteiger partial charge is 0.253 e. The second kappa shape index (κ2) is 6.34. The Balaban J connectivity index is 2.09. The number of benzene rings is 1. The van der Waals surface area contributed by atoms with Crippen molar-refractivity contribution in [1.82, 2.24) is 4.90 Å². The van der Waals surface area contributed by atoms with Gasteiger partial charge in [0.25, 0.3) is 5.91 Å². The van der Waals surface area contributed by atoms with E-state index in [-0.39, 0.29) is 17.3 Å². The molecule has 1 aromatic carbocycles. The summed E-state index contributed by atoms with van der Waals surface area (Å²) in [6.07, 6.45) is 0. The van der Waals surface area contributed by atoms with Crippen molar-refractivity contribution in [2.75, 3.05) is 25.4 Å². The van der Waals surface area contributed by atoms with Crippen LogP contribution in [0.4, 0.5) is 0 Å². The molecule has 1 aliphatic rings. The van der Waals surface area contributed by atoms with Gasteiger partial charge in [0.05, 0.1) is 0 Å². The number of aliphatic hydroxyl groups excluding tert-OH is 1. The third-order valence-electron chi connectivity index (χ3n) is 3.16. The summed E-state index contributed by atoms with van der Waals surface area (Å²) in [6.45, 7) is 5.78. The van der Waals surface area contributed by atoms with Gasteiger partial charge in [-0.1, -0.05) is 11.8 Å². The quantitative estimate of drug-likeness (QED) is 0.804. The van der Waals surface area contributed by atoms with Crippen LogP contribution < -0.4 is 0 Å². The van der Waals surface area contributed by atoms with Crippen molar-refractivity contribution >= 4 is 17.7 Å². The maximum Gasteiger partial charge on any atom is 0.253 e. The average Bonchev–Trinajstić information content (AvgIpc) is 2.44. The number of carbonyl (C=O) groups excluding carboxylic acids is 1. The van der Waals surface area contributed by atoms with E-state index in [1.807, 2.05) is 28.8 Å². The fourth-order valence-electron chi connectivity index (χ4n) is 2.21. The van der Waals surface area contributed by atoms with Gasteiger partial charge in [0.1, 0.15) is 6.61 Å². The Morgan fingerprint density at radius 1 is 1.40 bits per heavy atom. The summed E-state index contributed by atoms with van der Waals surface area (Å²) < 4.78 is 0.125. The molecule has 0 aromatic heterocycles. The highest BCUT2D eigenvalue weighted by atomic mass is 32.2. The van der Waals surface area contributed by atoms with E-state index in [9.17, 15) is 4.79 Å². The van der Waals surface area contributed by atoms with Crippen LogP contribution in [-0.2, 0) is 0 Å². The molecule has 4 heteroatoms. The molecular weight excluding hydrogens is 270 g/mol. The lowest BCUT2D eigenvalue weighted by Crippen LogP contribution is -2.46. The second-order valence-corrected chi connectivity index (χ2v) is 7.17. The lowest BCUT2D eigenvalue weighted by atomic mass is 10.1. The predicted octanol–water partition coefficient (Wildman–Crippen LogP) is 2.00. The van der Waals surface area contributed by atoms with E-state index in [0.29, 0.717) is 5.56 Å². The monoisotopic (exact) mass is 289 g/mol. The maximum atomic E-state index is 12.5. The van der Waals surface area contributed by atoms with E-state index in [4.69, 9.17) is 5.11 Å². The summed E-state index contributed by atoms with van der Waals surface area (Å²) in [7, 11) is 0. The molecule has 0 atom stereocenters. The lowest BCUT2D eigenvalue weighted by molar-refractivity contribution is 0.0748. The van der Waals surface area contributed by atoms with Gasteiger partial charge >= 0.3 is 0 Å². The van der Waals surface area contributed by atoms with Crippen LogP contribution in [0.1, 0.15) is 29.8 Å². The third-order valence-corrected chi connectivity index (χ3v) is 4.45. The molecule has 0 bridgehead atoms. The Hall–Kier alpha value is -1.44. The highest BCUT2D eigenvalue weighted by Crippen LogP contribution is 2.30. The summed E-state index contributed by atoms with van der Waals surface area (Å²) in [5.41, 5.74) is 1.51. The second-order valence-electron chi connectivity index (χ2n) is 5.37. The number of amides is 1. The first-order valence-electron chi connectivity index (χ1n) is 6.65. The summed E-state index contributed by atoms with van der Waals surface area (Å²) in [6, 6.07) is 7.25. The third kappa shape index (κ3) is 3.78. The average molecular weight is 289 g/mol. The van der Waals surface area contributed by atoms with Crippen LogP contribution >= 0.6 is 11.8 Å². The number of hydrogen-bond donors (Lipinski definition) is 1. The first-order valence-corrected chi connectivity index (χ1v) is 7.63. The Bertz CT molecular complexity index is 540. The summed E-state index contributed by atoms with van der Waals surface area (Å²) in [5.74, 6) is 6.49. The number of aliphatic hydroxyl groups is 1. The van der Waals surface area contributed by atoms with Crippen LogP contribution in [0.2, 0.25) is 0 Å². The molecule has 1 heterocycles. The van der Waals surface area contributed by atoms with Crippen molar-refractivity contribution in [3.05, 3.63) is 35.4 Å². The first kappa shape index (κ1) is 15.0. The molecular formula is C16H19NO2S. The standard InChI is InChI=1S/C16H19NO2S/c1-16(2)12-17(9-11-20-16)15(19)14-7-5-13(6-8-14)4-3-10-18/h5-8,18H,9-12H2,1-2H3. The molecule has 0 saturated carbocycles. The van der Waals surface area contributed by atoms with Crippen LogP contribution in [0.25, 0.3) is 0 Å². The Kier molecular flexibility index (Phi) is 4.74. The molecule has 0 unspecified atom stereocenters. The van der Waals surface area contributed by atoms with E-state index >= 15 is 0 Å². The maximum absolute atomic E-state index is 12.5. The Morgan fingerprint density at radius 3 is 2.70 bits per heavy atom. The normalized spacial score (nSPS) is 17.2. The van der Waals surface area contributed by atoms with Crippen LogP contribution in [0.5, 0.6) is 0 Å². The van der Waals surface area contributed by atoms with Crippen LogP contribution in [0.15, 0.2) is 24.3 Å². The Morgan fingerprint density at radius 2 is 2.10 bits per heavy atom. The van der Waals surface area contributed by atoms with Crippen molar-refractivity contribution < 1.29 is 9.90 Å². The summed E-state index contributed by atoms with van der Waals surface area (Å²) >= 11 is 1.91. The number of carbonyl (C=O) groups is 1. The summed E-state index contributed by atoms with van der Waals surface area (Å²) in [4.78, 5) is 14.4. The molecule has 0 aliphatic carbocycles. The Labute approximate surface area is 124 Å². The molecule has 1 amide bonds. The molecule has 1 aliphatic heterocycles. The highest BCUT2D eigenvalue weighted by Gasteiger charge is 2.30. The highest BCUT2D eigenvalue weighted by molar-refractivity contribution is 8.00. The van der Waals surface area contributed by atoms with Gasteiger partial charge < -0.3 is 10.0 Å². The van der Waals surface area contributed by atoms with Gasteiger partial charge in [0, 0.05) is 34.7 Å². The molecule has 0 radical (unpaired) electrons. The largest absolute Gasteiger partial charge is 0.384 e. The van der Waals surface area contributed by atoms with Crippen LogP contribution in [-0.4, -0.2) is 46.1 Å². The molecule has 3 nitrogen and oxygen atoms in total. The lowest BCUT2D eigenvalue weighted by Gasteiger charge is -2.37. The topological polar surface area (TPSA) is 40.5 Å². The molecule has 20 heavy (non-hydrogen) atoms. The van der Waals surface area contributed by atoms with Gasteiger partial charge in [-0.25, -0.2) is 0 Å². The minimum atomic E-state index is -0.152. The molecule has 1 N–H and O–H groups in total. The number of nitrogens with zero attached hydrogens (tertiary/aromatic N) is 1. The van der Waals surface area contributed by atoms with Crippen molar-refractivity contribution in [1.29, 1.82) is 0 Å². The van der Waals surface area contributed by atoms with E-state index in [0.717, 1.165) is 24.4 Å². The van der Waals surface area contributed by atoms with Crippen molar-refractivity contribution in [3.8, 4) is 11.8 Å². The van der Waals surface area contributed by atoms with Crippen molar-refractivity contribution in [2.24, 2.45) is 0 Å². The van der Waals surface area contributed by atoms with E-state index in [2.05, 4.69) is 25.7 Å². The summed E-state index contributed by atoms with van der Waals surface area (Å²) in [5, 5.41) is 8.65. The number of thioether (sulfide) groups is 1. The minimum Gasteiger partial charge on any atom is -0.384 e. The van der Waals surface area contributed by atoms with Gasteiger partial charge in [0.15, 0.2) is 0 Å². The SMILES string of the molecule is CC1(C)CN(C(=O)c2ccc(C#CCO)cc2)CCS1. The fourth-order valence-corrected chi connectivity index (χ4v) is 3.32. The molecule has 1 saturated heterocycles. The van der Waals surface area contributed by atoms with Gasteiger partial charge in [-0.15, -0.1) is 0 Å². The van der Waals surface area contributed by atoms with E-state index in [1.54, 1.807) is 12.1 Å². The van der Waals surface area contributed by atoms with E-state index in [1.165, 1.54) is 0 Å². The van der Waals surface area contributed by atoms with Gasteiger partial charge in [0.2, 0.25) is 0 Å². The van der Waals surface area contributed by atoms with Crippen LogP contribution in [0.3, 0.4) is 0 Å². The molecule has 1 fully saturated rings. The molecule has 1 aromatic rings. The van der Waals surface area contributed by atoms with Crippen molar-refractivity contribution in [2.45, 2.75) is 18.6 Å². The van der Waals surface area contributed by atoms with Crippen molar-refractivity contribution in [3.63, 3.8) is 0 Å². The molecule has 106 valence electrons. The van der Waals surface area contributed by atoms with E-state index < -0.39 is 0 Å². The number of hydrogen-bond acceptors (Lipinski definition) is 3. The van der Waals surface area contributed by atoms with Crippen LogP contribution in [0, 0.1) is 11.8 Å². The fraction of sp³-hybridized carbons (Fsp3) is 0.438. The zero-order valence-corrected chi connectivity index (χ0v) is 12.7. The zero-order chi connectivity index (χ0) is 14.6. The van der Waals surface area contributed by atoms with Gasteiger partial charge in [-0.3, -0.25) is 4.79 Å². The predicted molar refractivity (Wildman–Crippen MR) is 82.8 cm³/mol.